The highest BCUT2D eigenvalue weighted by molar-refractivity contribution is 5.80. The molecule has 8 unspecified atom stereocenters. The number of hydrogen-bond donors (Lipinski definition) is 6. The Hall–Kier alpha value is -4.20. The number of ether oxygens (including phenoxy) is 3. The molecule has 0 spiro atoms. The number of unbranched alkanes of at least 4 members (excludes halogenated alkanes) is 23. The van der Waals surface area contributed by atoms with Gasteiger partial charge in [0.25, 0.3) is 0 Å². The number of aliphatic hydroxyl groups excluding tert-OH is 5. The van der Waals surface area contributed by atoms with E-state index in [1.165, 1.54) is 83.5 Å². The van der Waals surface area contributed by atoms with Crippen LogP contribution in [-0.4, -0.2) is 99.6 Å². The Labute approximate surface area is 499 Å². The minimum absolute atomic E-state index is 0.0673. The van der Waals surface area contributed by atoms with Gasteiger partial charge < -0.3 is 45.1 Å². The molecule has 0 aromatic heterocycles. The van der Waals surface area contributed by atoms with Crippen molar-refractivity contribution in [2.24, 2.45) is 0 Å². The molecule has 0 radical (unpaired) electrons. The fraction of sp³-hybridized carbons (Fsp3) is 0.662. The van der Waals surface area contributed by atoms with Crippen molar-refractivity contribution in [1.82, 2.24) is 5.32 Å². The van der Waals surface area contributed by atoms with Gasteiger partial charge in [0, 0.05) is 6.42 Å². The Kier molecular flexibility index (Phi) is 52.9. The van der Waals surface area contributed by atoms with Gasteiger partial charge in [-0.15, -0.1) is 0 Å². The van der Waals surface area contributed by atoms with Crippen molar-refractivity contribution in [3.63, 3.8) is 0 Å². The minimum atomic E-state index is -1.64. The molecule has 0 bridgehead atoms. The summed E-state index contributed by atoms with van der Waals surface area (Å²) in [5.41, 5.74) is 0. The van der Waals surface area contributed by atoms with E-state index in [1.54, 1.807) is 6.08 Å². The number of allylic oxidation sites excluding steroid dienone is 21. The molecule has 0 aliphatic carbocycles. The lowest BCUT2D eigenvalue weighted by Crippen LogP contribution is -2.61. The molecule has 82 heavy (non-hydrogen) atoms. The molecule has 1 aliphatic rings. The first kappa shape index (κ1) is 75.8. The zero-order valence-electron chi connectivity index (χ0n) is 51.6. The van der Waals surface area contributed by atoms with Crippen LogP contribution < -0.4 is 5.32 Å². The van der Waals surface area contributed by atoms with Crippen molar-refractivity contribution in [2.75, 3.05) is 13.2 Å². The Morgan fingerprint density at radius 1 is 0.500 bits per heavy atom. The molecule has 1 amide bonds. The molecule has 0 aromatic carbocycles. The van der Waals surface area contributed by atoms with Crippen LogP contribution in [0.1, 0.15) is 239 Å². The molecule has 11 nitrogen and oxygen atoms in total. The standard InChI is InChI=1S/C71H117NO10/c1-4-7-10-13-16-19-22-25-27-28-29-30-31-32-33-34-35-36-37-39-40-43-46-49-52-55-58-64(75)70(79)72-62(63(74)57-54-51-48-45-42-24-21-18-15-12-9-6-3)61-80-71-69(68(78)67(77)65(60-73)81-71)82-66(76)59-56-53-50-47-44-41-38-26-23-20-17-14-11-8-5-2/h7-8,10-11,14,16-17,19-20,23,25-27,29-30,32-33,38,41,44,54,57,62-65,67-69,71,73-75,77-78H,4-6,9,12-13,15,18,21-22,24,28,31,34-37,39-40,42-43,45-53,55-56,58-61H2,1-3H3,(H,72,79)/b10-7-,11-8+,17-14+,19-16-,23-20-,27-25-,30-29-,33-32-,38-26-,44-41+,57-54+. The normalized spacial score (nSPS) is 19.5. The van der Waals surface area contributed by atoms with E-state index in [4.69, 9.17) is 14.2 Å². The molecular weight excluding hydrogens is 1030 g/mol. The van der Waals surface area contributed by atoms with Gasteiger partial charge in [-0.3, -0.25) is 9.59 Å². The van der Waals surface area contributed by atoms with Crippen molar-refractivity contribution >= 4 is 11.9 Å². The Balaban J connectivity index is 2.63. The third-order valence-corrected chi connectivity index (χ3v) is 14.4. The van der Waals surface area contributed by atoms with E-state index in [0.717, 1.165) is 109 Å². The molecule has 1 rings (SSSR count). The quantitative estimate of drug-likeness (QED) is 0.0149. The predicted octanol–water partition coefficient (Wildman–Crippen LogP) is 16.0. The summed E-state index contributed by atoms with van der Waals surface area (Å²) >= 11 is 0. The molecule has 1 saturated heterocycles. The van der Waals surface area contributed by atoms with E-state index >= 15 is 0 Å². The number of esters is 1. The van der Waals surface area contributed by atoms with Crippen molar-refractivity contribution in [3.8, 4) is 0 Å². The van der Waals surface area contributed by atoms with Gasteiger partial charge in [-0.05, 0) is 89.9 Å². The Morgan fingerprint density at radius 3 is 1.46 bits per heavy atom. The summed E-state index contributed by atoms with van der Waals surface area (Å²) in [5, 5.41) is 57.0. The van der Waals surface area contributed by atoms with Gasteiger partial charge in [0.2, 0.25) is 5.91 Å². The fourth-order valence-corrected chi connectivity index (χ4v) is 9.35. The van der Waals surface area contributed by atoms with Gasteiger partial charge in [-0.25, -0.2) is 0 Å². The molecule has 1 aliphatic heterocycles. The summed E-state index contributed by atoms with van der Waals surface area (Å²) in [6, 6.07) is -1.04. The first-order chi connectivity index (χ1) is 40.2. The van der Waals surface area contributed by atoms with E-state index in [-0.39, 0.29) is 19.4 Å². The summed E-state index contributed by atoms with van der Waals surface area (Å²) in [4.78, 5) is 26.6. The Bertz CT molecular complexity index is 1840. The lowest BCUT2D eigenvalue weighted by Gasteiger charge is -2.41. The van der Waals surface area contributed by atoms with Crippen LogP contribution >= 0.6 is 0 Å². The number of rotatable bonds is 53. The van der Waals surface area contributed by atoms with Crippen LogP contribution in [0.5, 0.6) is 0 Å². The number of aliphatic hydroxyl groups is 5. The maximum atomic E-state index is 13.5. The van der Waals surface area contributed by atoms with Gasteiger partial charge in [0.15, 0.2) is 12.4 Å². The SMILES string of the molecule is CC/C=C\C/C=C\C/C=C\C/C=C\C/C=C\CCCCCCCCCCCCC(O)C(=O)NC(COC1OC(CO)C(O)C(O)C1OC(=O)CCCCC/C=C/C=C\C=C/C=C/C=C/CC)C(O)/C=C/CCCCCCCCCCCC. The first-order valence-corrected chi connectivity index (χ1v) is 32.5. The molecule has 6 N–H and O–H groups in total. The summed E-state index contributed by atoms with van der Waals surface area (Å²) < 4.78 is 17.6. The lowest BCUT2D eigenvalue weighted by atomic mass is 9.99. The smallest absolute Gasteiger partial charge is 0.306 e. The minimum Gasteiger partial charge on any atom is -0.454 e. The van der Waals surface area contributed by atoms with Crippen molar-refractivity contribution in [2.45, 2.75) is 288 Å². The molecular formula is C71H117NO10. The zero-order chi connectivity index (χ0) is 59.6. The molecule has 0 saturated carbocycles. The fourth-order valence-electron chi connectivity index (χ4n) is 9.35. The third-order valence-electron chi connectivity index (χ3n) is 14.4. The first-order valence-electron chi connectivity index (χ1n) is 32.5. The van der Waals surface area contributed by atoms with Gasteiger partial charge in [0.05, 0.1) is 25.4 Å². The van der Waals surface area contributed by atoms with E-state index in [9.17, 15) is 35.1 Å². The van der Waals surface area contributed by atoms with Crippen LogP contribution in [0, 0.1) is 0 Å². The number of carbonyl (C=O) groups is 2. The van der Waals surface area contributed by atoms with Crippen molar-refractivity contribution < 1.29 is 49.3 Å². The summed E-state index contributed by atoms with van der Waals surface area (Å²) in [5.74, 6) is -1.25. The van der Waals surface area contributed by atoms with Gasteiger partial charge in [-0.1, -0.05) is 276 Å². The molecule has 0 aromatic rings. The molecule has 466 valence electrons. The lowest BCUT2D eigenvalue weighted by molar-refractivity contribution is -0.305. The van der Waals surface area contributed by atoms with Crippen LogP contribution in [0.25, 0.3) is 0 Å². The monoisotopic (exact) mass is 1140 g/mol. The van der Waals surface area contributed by atoms with Crippen LogP contribution in [-0.2, 0) is 23.8 Å². The highest BCUT2D eigenvalue weighted by Gasteiger charge is 2.47. The average molecular weight is 1140 g/mol. The van der Waals surface area contributed by atoms with Gasteiger partial charge in [0.1, 0.15) is 24.4 Å². The highest BCUT2D eigenvalue weighted by Crippen LogP contribution is 2.26. The summed E-state index contributed by atoms with van der Waals surface area (Å²) in [6.07, 6.45) is 70.6. The predicted molar refractivity (Wildman–Crippen MR) is 342 cm³/mol. The molecule has 1 heterocycles. The second-order valence-corrected chi connectivity index (χ2v) is 21.9. The molecule has 8 atom stereocenters. The maximum absolute atomic E-state index is 13.5. The summed E-state index contributed by atoms with van der Waals surface area (Å²) in [6.45, 7) is 5.49. The largest absolute Gasteiger partial charge is 0.454 e. The van der Waals surface area contributed by atoms with Gasteiger partial charge in [-0.2, -0.15) is 0 Å². The van der Waals surface area contributed by atoms with E-state index < -0.39 is 67.4 Å². The number of hydrogen-bond acceptors (Lipinski definition) is 10. The van der Waals surface area contributed by atoms with Gasteiger partial charge >= 0.3 is 5.97 Å². The van der Waals surface area contributed by atoms with E-state index in [0.29, 0.717) is 12.8 Å². The van der Waals surface area contributed by atoms with Crippen molar-refractivity contribution in [1.29, 1.82) is 0 Å². The van der Waals surface area contributed by atoms with Crippen LogP contribution in [0.3, 0.4) is 0 Å². The van der Waals surface area contributed by atoms with Crippen LogP contribution in [0.2, 0.25) is 0 Å². The average Bonchev–Trinajstić information content (AvgIpc) is 3.68. The molecule has 1 fully saturated rings. The summed E-state index contributed by atoms with van der Waals surface area (Å²) in [7, 11) is 0. The second-order valence-electron chi connectivity index (χ2n) is 21.9. The Morgan fingerprint density at radius 2 is 0.939 bits per heavy atom. The topological polar surface area (TPSA) is 175 Å². The zero-order valence-corrected chi connectivity index (χ0v) is 51.6. The van der Waals surface area contributed by atoms with Crippen LogP contribution in [0.15, 0.2) is 134 Å². The van der Waals surface area contributed by atoms with E-state index in [1.807, 2.05) is 54.7 Å². The number of carbonyl (C=O) groups excluding carboxylic acids is 2. The second kappa shape index (κ2) is 57.2. The third kappa shape index (κ3) is 44.3. The number of nitrogens with one attached hydrogen (secondary N) is 1. The highest BCUT2D eigenvalue weighted by atomic mass is 16.7. The molecule has 11 heteroatoms. The maximum Gasteiger partial charge on any atom is 0.306 e. The van der Waals surface area contributed by atoms with Crippen molar-refractivity contribution in [3.05, 3.63) is 134 Å². The number of amides is 1. The van der Waals surface area contributed by atoms with Crippen LogP contribution in [0.4, 0.5) is 0 Å². The van der Waals surface area contributed by atoms with E-state index in [2.05, 4.69) is 99.0 Å².